The van der Waals surface area contributed by atoms with Crippen LogP contribution in [0.1, 0.15) is 188 Å². The molecule has 2 unspecified atom stereocenters. The van der Waals surface area contributed by atoms with Gasteiger partial charge in [0.1, 0.15) is 24.5 Å². The van der Waals surface area contributed by atoms with Crippen molar-refractivity contribution >= 4 is 37.3 Å². The molecule has 1 saturated carbocycles. The SMILES string of the molecule is CC[C@@H]1/C=C(\C)C[C@H](C)CC(OC)[C@H]2O[C@@](O)(C(O)C(=O)N3[C@@H](OC)CCC[C@H]3C(=O)O[C@H](/C(C)=C/[C@@H]3CC[C@@H](O[Si](C)(C)C(C)(C)C)[C@H](OC)C3)[C@H](C)[C@H]3C[C@@H]1O[Si](C(C)C)(C(C)C)O[Si](C(C)C)(C(C)C)O3)[C@H](C)C[C@@H]2OC. The molecule has 4 bridgehead atoms. The summed E-state index contributed by atoms with van der Waals surface area (Å²) >= 11 is 0. The zero-order chi connectivity index (χ0) is 60.2. The third kappa shape index (κ3) is 15.1. The molecule has 1 amide bonds. The van der Waals surface area contributed by atoms with E-state index in [0.29, 0.717) is 25.7 Å². The standard InChI is InChI=1S/C62H115NO14Si3/c1-24-47-31-41(10)30-42(11)32-53(69-19)57-54(70-20)34-44(13)62(67,73-57)58(64)59(65)63-48(26-25-27-55(63)71-21)60(66)72-56(43(12)33-46-28-29-49(52(35-46)68-18)74-78(22,23)61(15,16)17)45(14)50-36-51(47)76-80(39(6)7,40(8)9)77-79(75-50,37(2)3)38(4)5/h31,33,37-40,42,44-58,64,67H,24-30,32,34-36H2,1-23H3/b41-31+,43-33+/t42-,44+,45+,46-,47+,48-,49+,50+,51-,52+,53?,54-,55-,56+,57+,58?,62+/m0/s1. The number of rotatable bonds is 13. The van der Waals surface area contributed by atoms with Crippen molar-refractivity contribution < 1.29 is 65.6 Å². The number of carbonyl (C=O) groups is 2. The first kappa shape index (κ1) is 69.4. The number of aliphatic hydroxyl groups excluding tert-OH is 1. The molecule has 5 rings (SSSR count). The highest BCUT2D eigenvalue weighted by Gasteiger charge is 2.61. The number of allylic oxidation sites excluding steroid dienone is 2. The molecule has 1 aliphatic carbocycles. The summed E-state index contributed by atoms with van der Waals surface area (Å²) in [5.41, 5.74) is 2.44. The van der Waals surface area contributed by atoms with E-state index in [1.807, 2.05) is 0 Å². The number of amides is 1. The molecule has 0 radical (unpaired) electrons. The topological polar surface area (TPSA) is 170 Å². The Kier molecular flexibility index (Phi) is 24.7. The fourth-order valence-electron chi connectivity index (χ4n) is 14.0. The van der Waals surface area contributed by atoms with Gasteiger partial charge in [0.15, 0.2) is 14.4 Å². The van der Waals surface area contributed by atoms with Gasteiger partial charge in [0.25, 0.3) is 5.91 Å². The zero-order valence-electron chi connectivity index (χ0n) is 54.2. The van der Waals surface area contributed by atoms with Crippen LogP contribution >= 0.6 is 0 Å². The first-order valence-electron chi connectivity index (χ1n) is 31.0. The maximum absolute atomic E-state index is 15.6. The van der Waals surface area contributed by atoms with Gasteiger partial charge in [-0.2, -0.15) is 0 Å². The van der Waals surface area contributed by atoms with Gasteiger partial charge in [0.05, 0.1) is 36.6 Å². The van der Waals surface area contributed by atoms with Crippen LogP contribution in [0.4, 0.5) is 0 Å². The average molecular weight is 1180 g/mol. The van der Waals surface area contributed by atoms with Crippen LogP contribution in [0.2, 0.25) is 40.3 Å². The molecule has 0 spiro atoms. The molecular formula is C62H115NO14Si3. The molecule has 4 fully saturated rings. The van der Waals surface area contributed by atoms with E-state index in [-0.39, 0.29) is 76.1 Å². The van der Waals surface area contributed by atoms with Crippen molar-refractivity contribution in [3.8, 4) is 0 Å². The number of methoxy groups -OCH3 is 4. The lowest BCUT2D eigenvalue weighted by Crippen LogP contribution is -2.67. The van der Waals surface area contributed by atoms with E-state index < -0.39 is 104 Å². The average Bonchev–Trinajstić information content (AvgIpc) is 3.38. The van der Waals surface area contributed by atoms with Gasteiger partial charge in [-0.15, -0.1) is 0 Å². The molecule has 3 saturated heterocycles. The van der Waals surface area contributed by atoms with Crippen LogP contribution in [0.5, 0.6) is 0 Å². The van der Waals surface area contributed by atoms with Gasteiger partial charge in [-0.3, -0.25) is 4.79 Å². The Labute approximate surface area is 488 Å². The number of hydrogen-bond acceptors (Lipinski definition) is 14. The van der Waals surface area contributed by atoms with E-state index in [4.69, 9.17) is 45.8 Å². The Morgan fingerprint density at radius 3 is 1.89 bits per heavy atom. The number of piperidine rings is 1. The number of esters is 1. The lowest BCUT2D eigenvalue weighted by Gasteiger charge is -2.54. The van der Waals surface area contributed by atoms with Gasteiger partial charge < -0.3 is 60.9 Å². The number of carbonyl (C=O) groups excluding carboxylic acids is 2. The summed E-state index contributed by atoms with van der Waals surface area (Å²) in [6, 6.07) is -1.16. The summed E-state index contributed by atoms with van der Waals surface area (Å²) in [6.07, 6.45) is 4.59. The van der Waals surface area contributed by atoms with Crippen LogP contribution in [-0.4, -0.2) is 154 Å². The van der Waals surface area contributed by atoms with Gasteiger partial charge in [0.2, 0.25) is 5.79 Å². The molecule has 17 atom stereocenters. The van der Waals surface area contributed by atoms with Crippen molar-refractivity contribution in [2.24, 2.45) is 29.6 Å². The molecule has 0 aromatic rings. The van der Waals surface area contributed by atoms with Gasteiger partial charge in [-0.05, 0) is 142 Å². The monoisotopic (exact) mass is 1180 g/mol. The second-order valence-electron chi connectivity index (χ2n) is 28.0. The summed E-state index contributed by atoms with van der Waals surface area (Å²) < 4.78 is 69.1. The first-order valence-corrected chi connectivity index (χ1v) is 37.9. The predicted molar refractivity (Wildman–Crippen MR) is 323 cm³/mol. The molecule has 4 aliphatic heterocycles. The van der Waals surface area contributed by atoms with Crippen molar-refractivity contribution in [3.63, 3.8) is 0 Å². The van der Waals surface area contributed by atoms with Crippen LogP contribution in [0, 0.1) is 29.6 Å². The molecule has 464 valence electrons. The quantitative estimate of drug-likeness (QED) is 0.101. The van der Waals surface area contributed by atoms with Crippen molar-refractivity contribution in [3.05, 3.63) is 23.3 Å². The van der Waals surface area contributed by atoms with Crippen molar-refractivity contribution in [2.75, 3.05) is 28.4 Å². The highest BCUT2D eigenvalue weighted by atomic mass is 28.5. The van der Waals surface area contributed by atoms with Gasteiger partial charge in [0, 0.05) is 46.2 Å². The van der Waals surface area contributed by atoms with Crippen LogP contribution in [0.3, 0.4) is 0 Å². The van der Waals surface area contributed by atoms with E-state index in [9.17, 15) is 10.2 Å². The van der Waals surface area contributed by atoms with Crippen LogP contribution < -0.4 is 0 Å². The molecule has 2 N–H and O–H groups in total. The normalized spacial score (nSPS) is 38.5. The van der Waals surface area contributed by atoms with E-state index >= 15 is 9.59 Å². The lowest BCUT2D eigenvalue weighted by atomic mass is 9.81. The molecule has 0 aromatic heterocycles. The first-order chi connectivity index (χ1) is 37.2. The number of aliphatic hydroxyl groups is 2. The summed E-state index contributed by atoms with van der Waals surface area (Å²) in [5, 5.41) is 25.1. The summed E-state index contributed by atoms with van der Waals surface area (Å²) in [6.45, 7) is 42.0. The minimum atomic E-state index is -3.21. The van der Waals surface area contributed by atoms with E-state index in [0.717, 1.165) is 37.7 Å². The minimum Gasteiger partial charge on any atom is -0.456 e. The van der Waals surface area contributed by atoms with Crippen molar-refractivity contribution in [2.45, 2.75) is 302 Å². The second-order valence-corrected chi connectivity index (χ2v) is 41.6. The smallest absolute Gasteiger partial charge is 0.334 e. The zero-order valence-corrected chi connectivity index (χ0v) is 57.2. The summed E-state index contributed by atoms with van der Waals surface area (Å²) in [4.78, 5) is 32.2. The Hall–Kier alpha value is -1.37. The number of fused-ring (bicyclic) bond motifs is 5. The molecule has 80 heavy (non-hydrogen) atoms. The Bertz CT molecular complexity index is 2050. The molecular weight excluding hydrogens is 1070 g/mol. The highest BCUT2D eigenvalue weighted by molar-refractivity contribution is 6.84. The molecule has 18 heteroatoms. The van der Waals surface area contributed by atoms with Crippen LogP contribution in [0.25, 0.3) is 0 Å². The maximum atomic E-state index is 15.6. The second kappa shape index (κ2) is 28.4. The van der Waals surface area contributed by atoms with Gasteiger partial charge >= 0.3 is 23.1 Å². The predicted octanol–water partition coefficient (Wildman–Crippen LogP) is 12.7. The van der Waals surface area contributed by atoms with Crippen LogP contribution in [0.15, 0.2) is 23.3 Å². The van der Waals surface area contributed by atoms with Gasteiger partial charge in [-0.1, -0.05) is 122 Å². The Morgan fingerprint density at radius 2 is 1.36 bits per heavy atom. The van der Waals surface area contributed by atoms with E-state index in [2.05, 4.69) is 136 Å². The maximum Gasteiger partial charge on any atom is 0.334 e. The van der Waals surface area contributed by atoms with Crippen molar-refractivity contribution in [1.82, 2.24) is 4.90 Å². The highest BCUT2D eigenvalue weighted by Crippen LogP contribution is 2.50. The number of hydrogen-bond donors (Lipinski definition) is 2. The molecule has 4 heterocycles. The van der Waals surface area contributed by atoms with E-state index in [1.54, 1.807) is 28.3 Å². The Balaban J connectivity index is 1.76. The minimum absolute atomic E-state index is 0.00858. The fraction of sp³-hybridized carbons (Fsp3) is 0.903. The van der Waals surface area contributed by atoms with Crippen LogP contribution in [-0.2, 0) is 55.4 Å². The third-order valence-corrected chi connectivity index (χ3v) is 34.8. The number of nitrogens with zero attached hydrogens (tertiary/aromatic N) is 1. The summed E-state index contributed by atoms with van der Waals surface area (Å²) in [7, 11) is -1.89. The fourth-order valence-corrected chi connectivity index (χ4v) is 26.8. The van der Waals surface area contributed by atoms with Gasteiger partial charge in [-0.25, -0.2) is 4.79 Å². The van der Waals surface area contributed by atoms with Crippen molar-refractivity contribution in [1.29, 1.82) is 0 Å². The molecule has 5 aliphatic rings. The molecule has 0 aromatic carbocycles. The number of ether oxygens (including phenoxy) is 6. The lowest BCUT2D eigenvalue weighted by molar-refractivity contribution is -0.347. The van der Waals surface area contributed by atoms with E-state index in [1.165, 1.54) is 17.6 Å². The largest absolute Gasteiger partial charge is 0.456 e. The summed E-state index contributed by atoms with van der Waals surface area (Å²) in [5.74, 6) is -4.87. The third-order valence-electron chi connectivity index (χ3n) is 20.0. The molecule has 15 nitrogen and oxygen atoms in total. The Morgan fingerprint density at radius 1 is 0.800 bits per heavy atom. The number of cyclic esters (lactones) is 1.